The Bertz CT molecular complexity index is 293. The van der Waals surface area contributed by atoms with Crippen LogP contribution in [0.25, 0.3) is 6.08 Å². The summed E-state index contributed by atoms with van der Waals surface area (Å²) in [7, 11) is 1.66. The highest BCUT2D eigenvalue weighted by atomic mass is 16.5. The molecular weight excluding hydrogens is 190 g/mol. The molecule has 0 saturated heterocycles. The SMILES string of the molecule is COCCOc1ccc(C=CCN)cc1. The third-order valence-electron chi connectivity index (χ3n) is 1.88. The average Bonchev–Trinajstić information content (AvgIpc) is 2.28. The van der Waals surface area contributed by atoms with Gasteiger partial charge in [0.1, 0.15) is 12.4 Å². The smallest absolute Gasteiger partial charge is 0.119 e. The molecule has 0 fully saturated rings. The predicted molar refractivity (Wildman–Crippen MR) is 61.9 cm³/mol. The van der Waals surface area contributed by atoms with E-state index in [0.717, 1.165) is 11.3 Å². The van der Waals surface area contributed by atoms with Gasteiger partial charge in [0.15, 0.2) is 0 Å². The van der Waals surface area contributed by atoms with Crippen LogP contribution in [0.5, 0.6) is 5.75 Å². The molecule has 1 aromatic carbocycles. The van der Waals surface area contributed by atoms with E-state index in [2.05, 4.69) is 0 Å². The van der Waals surface area contributed by atoms with Gasteiger partial charge < -0.3 is 15.2 Å². The Balaban J connectivity index is 2.45. The molecule has 0 heterocycles. The molecule has 3 heteroatoms. The number of methoxy groups -OCH3 is 1. The molecule has 1 aromatic rings. The van der Waals surface area contributed by atoms with Crippen molar-refractivity contribution in [3.8, 4) is 5.75 Å². The summed E-state index contributed by atoms with van der Waals surface area (Å²) in [6, 6.07) is 7.86. The van der Waals surface area contributed by atoms with Crippen molar-refractivity contribution < 1.29 is 9.47 Å². The molecule has 0 aromatic heterocycles. The van der Waals surface area contributed by atoms with Crippen LogP contribution in [0, 0.1) is 0 Å². The number of hydrogen-bond donors (Lipinski definition) is 1. The first kappa shape index (κ1) is 11.8. The zero-order valence-electron chi connectivity index (χ0n) is 8.98. The molecular formula is C12H17NO2. The summed E-state index contributed by atoms with van der Waals surface area (Å²) in [6.45, 7) is 1.75. The number of rotatable bonds is 6. The van der Waals surface area contributed by atoms with Crippen molar-refractivity contribution in [3.05, 3.63) is 35.9 Å². The lowest BCUT2D eigenvalue weighted by Gasteiger charge is -2.05. The minimum Gasteiger partial charge on any atom is -0.491 e. The number of ether oxygens (including phenoxy) is 2. The summed E-state index contributed by atoms with van der Waals surface area (Å²) in [5, 5.41) is 0. The Morgan fingerprint density at radius 2 is 1.93 bits per heavy atom. The molecule has 15 heavy (non-hydrogen) atoms. The van der Waals surface area contributed by atoms with Gasteiger partial charge in [0.05, 0.1) is 6.61 Å². The van der Waals surface area contributed by atoms with Gasteiger partial charge in [0.2, 0.25) is 0 Å². The van der Waals surface area contributed by atoms with Gasteiger partial charge in [-0.3, -0.25) is 0 Å². The van der Waals surface area contributed by atoms with Gasteiger partial charge in [-0.1, -0.05) is 24.3 Å². The third kappa shape index (κ3) is 4.63. The fraction of sp³-hybridized carbons (Fsp3) is 0.333. The number of hydrogen-bond acceptors (Lipinski definition) is 3. The zero-order chi connectivity index (χ0) is 10.9. The van der Waals surface area contributed by atoms with Crippen LogP contribution in [0.4, 0.5) is 0 Å². The van der Waals surface area contributed by atoms with Gasteiger partial charge in [-0.2, -0.15) is 0 Å². The van der Waals surface area contributed by atoms with E-state index in [0.29, 0.717) is 19.8 Å². The molecule has 3 nitrogen and oxygen atoms in total. The lowest BCUT2D eigenvalue weighted by molar-refractivity contribution is 0.146. The molecule has 0 bridgehead atoms. The molecule has 0 saturated carbocycles. The highest BCUT2D eigenvalue weighted by molar-refractivity contribution is 5.50. The van der Waals surface area contributed by atoms with Gasteiger partial charge in [0.25, 0.3) is 0 Å². The van der Waals surface area contributed by atoms with Crippen LogP contribution in [-0.4, -0.2) is 26.9 Å². The maximum atomic E-state index is 5.43. The fourth-order valence-corrected chi connectivity index (χ4v) is 1.12. The van der Waals surface area contributed by atoms with E-state index < -0.39 is 0 Å². The lowest BCUT2D eigenvalue weighted by atomic mass is 10.2. The van der Waals surface area contributed by atoms with Crippen molar-refractivity contribution in [3.63, 3.8) is 0 Å². The van der Waals surface area contributed by atoms with Gasteiger partial charge in [0, 0.05) is 13.7 Å². The van der Waals surface area contributed by atoms with Crippen molar-refractivity contribution in [1.29, 1.82) is 0 Å². The highest BCUT2D eigenvalue weighted by Gasteiger charge is 1.92. The second-order valence-corrected chi connectivity index (χ2v) is 3.05. The first-order valence-electron chi connectivity index (χ1n) is 4.95. The van der Waals surface area contributed by atoms with E-state index in [4.69, 9.17) is 15.2 Å². The monoisotopic (exact) mass is 207 g/mol. The maximum Gasteiger partial charge on any atom is 0.119 e. The molecule has 82 valence electrons. The summed E-state index contributed by atoms with van der Waals surface area (Å²) in [5.74, 6) is 0.858. The lowest BCUT2D eigenvalue weighted by Crippen LogP contribution is -2.03. The fourth-order valence-electron chi connectivity index (χ4n) is 1.12. The number of nitrogens with two attached hydrogens (primary N) is 1. The maximum absolute atomic E-state index is 5.43. The molecule has 1 rings (SSSR count). The van der Waals surface area contributed by atoms with Crippen LogP contribution >= 0.6 is 0 Å². The quantitative estimate of drug-likeness (QED) is 0.722. The summed E-state index contributed by atoms with van der Waals surface area (Å²) < 4.78 is 10.3. The molecule has 0 aliphatic carbocycles. The van der Waals surface area contributed by atoms with Crippen LogP contribution in [-0.2, 0) is 4.74 Å². The van der Waals surface area contributed by atoms with Crippen molar-refractivity contribution in [2.24, 2.45) is 5.73 Å². The Morgan fingerprint density at radius 3 is 2.53 bits per heavy atom. The minimum atomic E-state index is 0.562. The second-order valence-electron chi connectivity index (χ2n) is 3.05. The first-order chi connectivity index (χ1) is 7.36. The highest BCUT2D eigenvalue weighted by Crippen LogP contribution is 2.12. The van der Waals surface area contributed by atoms with Crippen LogP contribution < -0.4 is 10.5 Å². The Labute approximate surface area is 90.5 Å². The number of benzene rings is 1. The normalized spacial score (nSPS) is 10.8. The first-order valence-corrected chi connectivity index (χ1v) is 4.95. The van der Waals surface area contributed by atoms with Crippen LogP contribution in [0.2, 0.25) is 0 Å². The van der Waals surface area contributed by atoms with E-state index in [1.807, 2.05) is 36.4 Å². The van der Waals surface area contributed by atoms with Crippen molar-refractivity contribution in [2.45, 2.75) is 0 Å². The Morgan fingerprint density at radius 1 is 1.20 bits per heavy atom. The molecule has 0 amide bonds. The molecule has 0 aliphatic rings. The summed E-state index contributed by atoms with van der Waals surface area (Å²) in [6.07, 6.45) is 3.90. The third-order valence-corrected chi connectivity index (χ3v) is 1.88. The van der Waals surface area contributed by atoms with Crippen molar-refractivity contribution in [1.82, 2.24) is 0 Å². The van der Waals surface area contributed by atoms with Gasteiger partial charge >= 0.3 is 0 Å². The van der Waals surface area contributed by atoms with Crippen LogP contribution in [0.3, 0.4) is 0 Å². The zero-order valence-corrected chi connectivity index (χ0v) is 8.98. The van der Waals surface area contributed by atoms with Gasteiger partial charge in [-0.15, -0.1) is 0 Å². The molecule has 0 spiro atoms. The van der Waals surface area contributed by atoms with E-state index in [9.17, 15) is 0 Å². The van der Waals surface area contributed by atoms with Crippen molar-refractivity contribution in [2.75, 3.05) is 26.9 Å². The topological polar surface area (TPSA) is 44.5 Å². The van der Waals surface area contributed by atoms with E-state index in [1.54, 1.807) is 7.11 Å². The minimum absolute atomic E-state index is 0.562. The van der Waals surface area contributed by atoms with E-state index in [-0.39, 0.29) is 0 Å². The molecule has 2 N–H and O–H groups in total. The van der Waals surface area contributed by atoms with Crippen molar-refractivity contribution >= 4 is 6.08 Å². The standard InChI is InChI=1S/C12H17NO2/c1-14-9-10-15-12-6-4-11(5-7-12)3-2-8-13/h2-7H,8-10,13H2,1H3. The summed E-state index contributed by atoms with van der Waals surface area (Å²) in [4.78, 5) is 0. The Hall–Kier alpha value is -1.32. The Kier molecular flexibility index (Phi) is 5.51. The van der Waals surface area contributed by atoms with E-state index >= 15 is 0 Å². The van der Waals surface area contributed by atoms with Gasteiger partial charge in [-0.25, -0.2) is 0 Å². The van der Waals surface area contributed by atoms with Crippen LogP contribution in [0.15, 0.2) is 30.3 Å². The molecule has 0 radical (unpaired) electrons. The average molecular weight is 207 g/mol. The van der Waals surface area contributed by atoms with Gasteiger partial charge in [-0.05, 0) is 17.7 Å². The second kappa shape index (κ2) is 7.04. The largest absolute Gasteiger partial charge is 0.491 e. The predicted octanol–water partition coefficient (Wildman–Crippen LogP) is 1.68. The molecule has 0 unspecified atom stereocenters. The molecule has 0 atom stereocenters. The summed E-state index contributed by atoms with van der Waals surface area (Å²) >= 11 is 0. The molecule has 0 aliphatic heterocycles. The van der Waals surface area contributed by atoms with E-state index in [1.165, 1.54) is 0 Å². The van der Waals surface area contributed by atoms with Crippen LogP contribution in [0.1, 0.15) is 5.56 Å². The summed E-state index contributed by atoms with van der Waals surface area (Å²) in [5.41, 5.74) is 6.49.